The van der Waals surface area contributed by atoms with Crippen LogP contribution in [0.1, 0.15) is 0 Å². The Morgan fingerprint density at radius 2 is 1.62 bits per heavy atom. The lowest BCUT2D eigenvalue weighted by Crippen LogP contribution is -2.51. The van der Waals surface area contributed by atoms with E-state index in [1.54, 1.807) is 35.2 Å². The van der Waals surface area contributed by atoms with Crippen LogP contribution < -0.4 is 14.2 Å². The number of rotatable bonds is 5. The standard InChI is InChI=1S/C23H22N2O6S/c26-23(15-29-19-6-8-21-22(14-19)31-16-30-21)24-9-11-25(12-10-24)32(27,28)20-7-5-17-3-1-2-4-18(17)13-20/h1-8,13-14H,9-12,15-16H2. The smallest absolute Gasteiger partial charge is 0.260 e. The minimum absolute atomic E-state index is 0.128. The van der Waals surface area contributed by atoms with Gasteiger partial charge in [0.25, 0.3) is 5.91 Å². The van der Waals surface area contributed by atoms with E-state index in [0.717, 1.165) is 10.8 Å². The minimum Gasteiger partial charge on any atom is -0.484 e. The second-order valence-electron chi connectivity index (χ2n) is 7.60. The van der Waals surface area contributed by atoms with Crippen molar-refractivity contribution in [2.24, 2.45) is 0 Å². The molecule has 0 spiro atoms. The molecule has 2 heterocycles. The van der Waals surface area contributed by atoms with Crippen molar-refractivity contribution in [1.82, 2.24) is 9.21 Å². The molecule has 2 aliphatic heterocycles. The lowest BCUT2D eigenvalue weighted by atomic mass is 10.1. The number of nitrogens with zero attached hydrogens (tertiary/aromatic N) is 2. The Hall–Kier alpha value is -3.30. The fourth-order valence-corrected chi connectivity index (χ4v) is 5.32. The van der Waals surface area contributed by atoms with Crippen LogP contribution in [0.25, 0.3) is 10.8 Å². The molecular formula is C23H22N2O6S. The highest BCUT2D eigenvalue weighted by atomic mass is 32.2. The average Bonchev–Trinajstić information content (AvgIpc) is 3.30. The summed E-state index contributed by atoms with van der Waals surface area (Å²) in [6.07, 6.45) is 0. The van der Waals surface area contributed by atoms with Crippen LogP contribution in [0.2, 0.25) is 0 Å². The van der Waals surface area contributed by atoms with E-state index in [1.165, 1.54) is 4.31 Å². The molecule has 0 radical (unpaired) electrons. The van der Waals surface area contributed by atoms with E-state index in [1.807, 2.05) is 30.3 Å². The van der Waals surface area contributed by atoms with Crippen molar-refractivity contribution in [3.8, 4) is 17.2 Å². The molecule has 2 aliphatic rings. The van der Waals surface area contributed by atoms with Gasteiger partial charge in [0.1, 0.15) is 5.75 Å². The number of carbonyl (C=O) groups excluding carboxylic acids is 1. The summed E-state index contributed by atoms with van der Waals surface area (Å²) in [5, 5.41) is 1.87. The first-order valence-corrected chi connectivity index (χ1v) is 11.7. The van der Waals surface area contributed by atoms with Crippen molar-refractivity contribution < 1.29 is 27.4 Å². The second-order valence-corrected chi connectivity index (χ2v) is 9.54. The zero-order valence-corrected chi connectivity index (χ0v) is 18.1. The van der Waals surface area contributed by atoms with Crippen molar-refractivity contribution in [3.63, 3.8) is 0 Å². The van der Waals surface area contributed by atoms with Crippen LogP contribution in [0.15, 0.2) is 65.6 Å². The van der Waals surface area contributed by atoms with Gasteiger partial charge in [-0.25, -0.2) is 8.42 Å². The summed E-state index contributed by atoms with van der Waals surface area (Å²) >= 11 is 0. The van der Waals surface area contributed by atoms with Gasteiger partial charge in [-0.05, 0) is 35.0 Å². The monoisotopic (exact) mass is 454 g/mol. The fraction of sp³-hybridized carbons (Fsp3) is 0.261. The third-order valence-electron chi connectivity index (χ3n) is 5.66. The summed E-state index contributed by atoms with van der Waals surface area (Å²) in [6.45, 7) is 1.16. The molecule has 0 unspecified atom stereocenters. The lowest BCUT2D eigenvalue weighted by Gasteiger charge is -2.34. The molecule has 3 aromatic carbocycles. The van der Waals surface area contributed by atoms with Gasteiger partial charge in [0.2, 0.25) is 16.8 Å². The first kappa shape index (κ1) is 20.6. The molecule has 0 aliphatic carbocycles. The summed E-state index contributed by atoms with van der Waals surface area (Å²) < 4.78 is 43.8. The molecule has 5 rings (SSSR count). The van der Waals surface area contributed by atoms with Gasteiger partial charge in [0, 0.05) is 32.2 Å². The number of carbonyl (C=O) groups is 1. The quantitative estimate of drug-likeness (QED) is 0.589. The van der Waals surface area contributed by atoms with Gasteiger partial charge in [-0.15, -0.1) is 0 Å². The third-order valence-corrected chi connectivity index (χ3v) is 7.55. The van der Waals surface area contributed by atoms with Crippen LogP contribution in [-0.4, -0.2) is 63.1 Å². The molecule has 8 nitrogen and oxygen atoms in total. The highest BCUT2D eigenvalue weighted by Crippen LogP contribution is 2.35. The third kappa shape index (κ3) is 3.96. The van der Waals surface area contributed by atoms with Crippen LogP contribution in [0.3, 0.4) is 0 Å². The molecule has 1 saturated heterocycles. The maximum absolute atomic E-state index is 13.1. The van der Waals surface area contributed by atoms with Crippen molar-refractivity contribution in [1.29, 1.82) is 0 Å². The van der Waals surface area contributed by atoms with Crippen molar-refractivity contribution in [2.45, 2.75) is 4.90 Å². The van der Waals surface area contributed by atoms with Crippen LogP contribution in [-0.2, 0) is 14.8 Å². The predicted octanol–water partition coefficient (Wildman–Crippen LogP) is 2.48. The summed E-state index contributed by atoms with van der Waals surface area (Å²) in [4.78, 5) is 14.4. The predicted molar refractivity (Wildman–Crippen MR) is 117 cm³/mol. The first-order chi connectivity index (χ1) is 15.5. The van der Waals surface area contributed by atoms with E-state index in [0.29, 0.717) is 30.3 Å². The first-order valence-electron chi connectivity index (χ1n) is 10.3. The van der Waals surface area contributed by atoms with Gasteiger partial charge < -0.3 is 19.1 Å². The van der Waals surface area contributed by atoms with E-state index in [4.69, 9.17) is 14.2 Å². The van der Waals surface area contributed by atoms with Crippen LogP contribution in [0, 0.1) is 0 Å². The Bertz CT molecular complexity index is 1270. The number of piperazine rings is 1. The molecule has 3 aromatic rings. The topological polar surface area (TPSA) is 85.4 Å². The fourth-order valence-electron chi connectivity index (χ4n) is 3.86. The van der Waals surface area contributed by atoms with Gasteiger partial charge in [-0.3, -0.25) is 4.79 Å². The second kappa shape index (κ2) is 8.33. The summed E-state index contributed by atoms with van der Waals surface area (Å²) in [6, 6.07) is 17.9. The zero-order chi connectivity index (χ0) is 22.1. The van der Waals surface area contributed by atoms with Crippen molar-refractivity contribution in [2.75, 3.05) is 39.6 Å². The van der Waals surface area contributed by atoms with Gasteiger partial charge in [0.05, 0.1) is 4.90 Å². The molecule has 0 N–H and O–H groups in total. The molecule has 9 heteroatoms. The van der Waals surface area contributed by atoms with E-state index < -0.39 is 10.0 Å². The van der Waals surface area contributed by atoms with Crippen LogP contribution in [0.5, 0.6) is 17.2 Å². The normalized spacial score (nSPS) is 16.3. The van der Waals surface area contributed by atoms with Crippen LogP contribution in [0.4, 0.5) is 0 Å². The Balaban J connectivity index is 1.19. The number of fused-ring (bicyclic) bond motifs is 2. The number of hydrogen-bond donors (Lipinski definition) is 0. The number of ether oxygens (including phenoxy) is 3. The SMILES string of the molecule is O=C(COc1ccc2c(c1)OCO2)N1CCN(S(=O)(=O)c2ccc3ccccc3c2)CC1. The molecule has 32 heavy (non-hydrogen) atoms. The summed E-state index contributed by atoms with van der Waals surface area (Å²) in [5.41, 5.74) is 0. The van der Waals surface area contributed by atoms with E-state index in [2.05, 4.69) is 0 Å². The zero-order valence-electron chi connectivity index (χ0n) is 17.3. The number of hydrogen-bond acceptors (Lipinski definition) is 6. The Kier molecular flexibility index (Phi) is 5.36. The Labute approximate surface area is 185 Å². The summed E-state index contributed by atoms with van der Waals surface area (Å²) in [7, 11) is -3.63. The number of benzene rings is 3. The van der Waals surface area contributed by atoms with E-state index in [9.17, 15) is 13.2 Å². The molecule has 166 valence electrons. The molecule has 0 saturated carbocycles. The maximum Gasteiger partial charge on any atom is 0.260 e. The van der Waals surface area contributed by atoms with E-state index in [-0.39, 0.29) is 37.3 Å². The molecule has 1 amide bonds. The average molecular weight is 455 g/mol. The number of amides is 1. The molecule has 1 fully saturated rings. The Morgan fingerprint density at radius 1 is 0.875 bits per heavy atom. The lowest BCUT2D eigenvalue weighted by molar-refractivity contribution is -0.134. The largest absolute Gasteiger partial charge is 0.484 e. The van der Waals surface area contributed by atoms with Crippen LogP contribution >= 0.6 is 0 Å². The number of sulfonamides is 1. The molecular weight excluding hydrogens is 432 g/mol. The highest BCUT2D eigenvalue weighted by molar-refractivity contribution is 7.89. The molecule has 0 bridgehead atoms. The van der Waals surface area contributed by atoms with E-state index >= 15 is 0 Å². The summed E-state index contributed by atoms with van der Waals surface area (Å²) in [5.74, 6) is 1.56. The maximum atomic E-state index is 13.1. The minimum atomic E-state index is -3.63. The van der Waals surface area contributed by atoms with Crippen molar-refractivity contribution in [3.05, 3.63) is 60.7 Å². The van der Waals surface area contributed by atoms with Gasteiger partial charge in [-0.2, -0.15) is 4.31 Å². The molecule has 0 atom stereocenters. The Morgan fingerprint density at radius 3 is 2.44 bits per heavy atom. The van der Waals surface area contributed by atoms with Gasteiger partial charge in [-0.1, -0.05) is 30.3 Å². The highest BCUT2D eigenvalue weighted by Gasteiger charge is 2.30. The van der Waals surface area contributed by atoms with Gasteiger partial charge >= 0.3 is 0 Å². The van der Waals surface area contributed by atoms with Crippen molar-refractivity contribution >= 4 is 26.7 Å². The van der Waals surface area contributed by atoms with Gasteiger partial charge in [0.15, 0.2) is 18.1 Å². The molecule has 0 aromatic heterocycles.